The van der Waals surface area contributed by atoms with Crippen molar-refractivity contribution >= 4 is 38.2 Å². The van der Waals surface area contributed by atoms with E-state index in [1.54, 1.807) is 7.05 Å². The molecule has 2 aromatic rings. The van der Waals surface area contributed by atoms with Crippen molar-refractivity contribution < 1.29 is 18.0 Å². The van der Waals surface area contributed by atoms with Crippen LogP contribution in [-0.2, 0) is 10.0 Å². The molecule has 2 N–H and O–H groups in total. The highest BCUT2D eigenvalue weighted by Crippen LogP contribution is 2.32. The van der Waals surface area contributed by atoms with Gasteiger partial charge < -0.3 is 10.6 Å². The van der Waals surface area contributed by atoms with E-state index in [-0.39, 0.29) is 22.6 Å². The third-order valence-electron chi connectivity index (χ3n) is 4.96. The first-order valence-electron chi connectivity index (χ1n) is 10.6. The molecule has 0 aliphatic heterocycles. The minimum atomic E-state index is -3.67. The van der Waals surface area contributed by atoms with Gasteiger partial charge in [0, 0.05) is 30.6 Å². The molecule has 0 radical (unpaired) electrons. The Morgan fingerprint density at radius 3 is 1.97 bits per heavy atom. The number of nitrogens with zero attached hydrogens (tertiary/aromatic N) is 1. The summed E-state index contributed by atoms with van der Waals surface area (Å²) in [6.45, 7) is 12.5. The third kappa shape index (κ3) is 5.96. The van der Waals surface area contributed by atoms with Crippen molar-refractivity contribution in [2.45, 2.75) is 46.4 Å². The summed E-state index contributed by atoms with van der Waals surface area (Å²) in [6, 6.07) is 5.92. The number of aryl methyl sites for hydroxylation is 1. The quantitative estimate of drug-likeness (QED) is 0.561. The highest BCUT2D eigenvalue weighted by atomic mass is 32.2. The van der Waals surface area contributed by atoms with E-state index in [2.05, 4.69) is 10.6 Å². The van der Waals surface area contributed by atoms with Crippen molar-refractivity contribution in [1.82, 2.24) is 9.62 Å². The minimum Gasteiger partial charge on any atom is -0.355 e. The van der Waals surface area contributed by atoms with Gasteiger partial charge in [-0.25, -0.2) is 8.42 Å². The van der Waals surface area contributed by atoms with Crippen LogP contribution in [0.4, 0.5) is 5.00 Å². The van der Waals surface area contributed by atoms with E-state index in [0.717, 1.165) is 10.4 Å². The Hall–Kier alpha value is -2.23. The minimum absolute atomic E-state index is 0.157. The Morgan fingerprint density at radius 1 is 0.969 bits per heavy atom. The molecule has 7 nitrogen and oxygen atoms in total. The summed E-state index contributed by atoms with van der Waals surface area (Å²) in [6.07, 6.45) is 0. The van der Waals surface area contributed by atoms with E-state index in [9.17, 15) is 18.0 Å². The van der Waals surface area contributed by atoms with E-state index in [1.807, 2.05) is 41.5 Å². The molecule has 0 fully saturated rings. The molecule has 0 bridgehead atoms. The highest BCUT2D eigenvalue weighted by Gasteiger charge is 2.26. The zero-order valence-corrected chi connectivity index (χ0v) is 21.4. The van der Waals surface area contributed by atoms with Gasteiger partial charge in [0.25, 0.3) is 11.8 Å². The molecule has 32 heavy (non-hydrogen) atoms. The van der Waals surface area contributed by atoms with Crippen LogP contribution in [-0.4, -0.2) is 44.7 Å². The molecular weight excluding hydrogens is 446 g/mol. The molecule has 176 valence electrons. The second-order valence-corrected chi connectivity index (χ2v) is 11.8. The summed E-state index contributed by atoms with van der Waals surface area (Å²) in [5.41, 5.74) is 1.58. The molecule has 2 rings (SSSR count). The lowest BCUT2D eigenvalue weighted by molar-refractivity contribution is 0.0963. The molecule has 2 amide bonds. The molecular formula is C23H33N3O4S2. The van der Waals surface area contributed by atoms with Crippen LogP contribution in [0.5, 0.6) is 0 Å². The molecule has 0 saturated carbocycles. The fraction of sp³-hybridized carbons (Fsp3) is 0.478. The Labute approximate surface area is 195 Å². The number of rotatable bonds is 9. The predicted octanol–water partition coefficient (Wildman–Crippen LogP) is 4.28. The van der Waals surface area contributed by atoms with E-state index >= 15 is 0 Å². The lowest BCUT2D eigenvalue weighted by Crippen LogP contribution is -2.37. The zero-order valence-electron chi connectivity index (χ0n) is 19.8. The Balaban J connectivity index is 2.28. The Kier molecular flexibility index (Phi) is 8.61. The van der Waals surface area contributed by atoms with Gasteiger partial charge in [0.1, 0.15) is 5.00 Å². The van der Waals surface area contributed by atoms with Gasteiger partial charge in [-0.2, -0.15) is 4.31 Å². The van der Waals surface area contributed by atoms with Gasteiger partial charge in [-0.15, -0.1) is 11.3 Å². The summed E-state index contributed by atoms with van der Waals surface area (Å²) in [5, 5.41) is 5.86. The van der Waals surface area contributed by atoms with E-state index < -0.39 is 15.9 Å². The average molecular weight is 480 g/mol. The molecule has 0 aliphatic carbocycles. The van der Waals surface area contributed by atoms with E-state index in [0.29, 0.717) is 29.2 Å². The first-order chi connectivity index (χ1) is 14.9. The number of hydrogen-bond acceptors (Lipinski definition) is 5. The van der Waals surface area contributed by atoms with Crippen LogP contribution in [0.2, 0.25) is 0 Å². The third-order valence-corrected chi connectivity index (χ3v) is 7.93. The lowest BCUT2D eigenvalue weighted by atomic mass is 10.1. The summed E-state index contributed by atoms with van der Waals surface area (Å²) in [4.78, 5) is 26.1. The smallest absolute Gasteiger partial charge is 0.256 e. The van der Waals surface area contributed by atoms with Crippen molar-refractivity contribution in [2.75, 3.05) is 25.5 Å². The van der Waals surface area contributed by atoms with Crippen LogP contribution in [0.3, 0.4) is 0 Å². The maximum absolute atomic E-state index is 13.2. The summed E-state index contributed by atoms with van der Waals surface area (Å²) in [5.74, 6) is -0.276. The number of hydrogen-bond donors (Lipinski definition) is 2. The highest BCUT2D eigenvalue weighted by molar-refractivity contribution is 7.89. The molecule has 9 heteroatoms. The number of carbonyl (C=O) groups excluding carboxylic acids is 2. The predicted molar refractivity (Wildman–Crippen MR) is 130 cm³/mol. The van der Waals surface area contributed by atoms with Crippen LogP contribution in [0.25, 0.3) is 0 Å². The molecule has 0 atom stereocenters. The average Bonchev–Trinajstić information content (AvgIpc) is 2.99. The van der Waals surface area contributed by atoms with Crippen molar-refractivity contribution in [2.24, 2.45) is 11.8 Å². The second kappa shape index (κ2) is 10.6. The molecule has 1 aromatic carbocycles. The van der Waals surface area contributed by atoms with Gasteiger partial charge in [-0.05, 0) is 55.5 Å². The second-order valence-electron chi connectivity index (χ2n) is 8.65. The molecule has 0 unspecified atom stereocenters. The molecule has 0 spiro atoms. The van der Waals surface area contributed by atoms with Crippen molar-refractivity contribution in [3.05, 3.63) is 45.8 Å². The van der Waals surface area contributed by atoms with Crippen LogP contribution in [0.15, 0.2) is 29.2 Å². The maximum Gasteiger partial charge on any atom is 0.256 e. The lowest BCUT2D eigenvalue weighted by Gasteiger charge is -2.25. The number of anilines is 1. The number of carbonyl (C=O) groups is 2. The van der Waals surface area contributed by atoms with Crippen LogP contribution in [0.1, 0.15) is 58.9 Å². The van der Waals surface area contributed by atoms with Crippen molar-refractivity contribution in [3.63, 3.8) is 0 Å². The summed E-state index contributed by atoms with van der Waals surface area (Å²) >= 11 is 1.33. The van der Waals surface area contributed by atoms with Crippen molar-refractivity contribution in [3.8, 4) is 0 Å². The van der Waals surface area contributed by atoms with Crippen molar-refractivity contribution in [1.29, 1.82) is 0 Å². The van der Waals surface area contributed by atoms with Gasteiger partial charge in [0.05, 0.1) is 10.5 Å². The monoisotopic (exact) mass is 479 g/mol. The molecule has 0 aliphatic rings. The zero-order chi connectivity index (χ0) is 24.2. The van der Waals surface area contributed by atoms with Gasteiger partial charge in [0.2, 0.25) is 10.0 Å². The molecule has 1 aromatic heterocycles. The van der Waals surface area contributed by atoms with E-state index in [4.69, 9.17) is 0 Å². The van der Waals surface area contributed by atoms with Gasteiger partial charge in [0.15, 0.2) is 0 Å². The first-order valence-corrected chi connectivity index (χ1v) is 12.9. The Morgan fingerprint density at radius 2 is 1.50 bits per heavy atom. The normalized spacial score (nSPS) is 11.9. The summed E-state index contributed by atoms with van der Waals surface area (Å²) in [7, 11) is -2.12. The number of nitrogens with one attached hydrogen (secondary N) is 2. The number of sulfonamides is 1. The topological polar surface area (TPSA) is 95.6 Å². The molecule has 1 heterocycles. The van der Waals surface area contributed by atoms with Crippen LogP contribution >= 0.6 is 11.3 Å². The van der Waals surface area contributed by atoms with E-state index in [1.165, 1.54) is 39.9 Å². The number of thiophene rings is 1. The van der Waals surface area contributed by atoms with Gasteiger partial charge >= 0.3 is 0 Å². The fourth-order valence-corrected chi connectivity index (χ4v) is 6.12. The number of benzene rings is 1. The first kappa shape index (κ1) is 26.0. The van der Waals surface area contributed by atoms with Gasteiger partial charge in [-0.3, -0.25) is 9.59 Å². The molecule has 0 saturated heterocycles. The number of amides is 2. The fourth-order valence-electron chi connectivity index (χ4n) is 3.30. The van der Waals surface area contributed by atoms with Gasteiger partial charge in [-0.1, -0.05) is 27.7 Å². The maximum atomic E-state index is 13.2. The standard InChI is InChI=1S/C23H33N3O4S2/c1-14(2)12-26(13-15(3)4)32(29,30)19-10-8-18(9-11-19)21(27)25-23-20(22(28)24-7)16(5)17(6)31-23/h8-11,14-15H,12-13H2,1-7H3,(H,24,28)(H,25,27). The largest absolute Gasteiger partial charge is 0.355 e. The van der Waals surface area contributed by atoms with Crippen LogP contribution in [0, 0.1) is 25.7 Å². The SMILES string of the molecule is CNC(=O)c1c(NC(=O)c2ccc(S(=O)(=O)N(CC(C)C)CC(C)C)cc2)sc(C)c1C. The van der Waals surface area contributed by atoms with Crippen LogP contribution < -0.4 is 10.6 Å². The Bertz CT molecular complexity index is 1060. The summed E-state index contributed by atoms with van der Waals surface area (Å²) < 4.78 is 27.8.